The van der Waals surface area contributed by atoms with Crippen LogP contribution in [-0.2, 0) is 16.0 Å². The van der Waals surface area contributed by atoms with Crippen molar-refractivity contribution in [1.82, 2.24) is 10.2 Å². The maximum atomic E-state index is 12.3. The summed E-state index contributed by atoms with van der Waals surface area (Å²) in [5.74, 6) is -0.640. The van der Waals surface area contributed by atoms with E-state index in [9.17, 15) is 19.5 Å². The number of imide groups is 1. The van der Waals surface area contributed by atoms with E-state index in [1.54, 1.807) is 30.3 Å². The maximum Gasteiger partial charge on any atom is 0.294 e. The summed E-state index contributed by atoms with van der Waals surface area (Å²) in [5, 5.41) is 13.4. The monoisotopic (exact) mass is 388 g/mol. The summed E-state index contributed by atoms with van der Waals surface area (Å²) >= 11 is 2.32. The zero-order chi connectivity index (χ0) is 18.5. The van der Waals surface area contributed by atoms with Gasteiger partial charge < -0.3 is 10.4 Å². The van der Waals surface area contributed by atoms with Crippen LogP contribution in [0.5, 0.6) is 5.75 Å². The van der Waals surface area contributed by atoms with E-state index in [1.807, 2.05) is 17.5 Å². The van der Waals surface area contributed by atoms with E-state index in [0.29, 0.717) is 17.9 Å². The van der Waals surface area contributed by atoms with Gasteiger partial charge in [-0.05, 0) is 53.4 Å². The van der Waals surface area contributed by atoms with Crippen molar-refractivity contribution in [1.29, 1.82) is 0 Å². The van der Waals surface area contributed by atoms with Crippen molar-refractivity contribution in [2.24, 2.45) is 0 Å². The van der Waals surface area contributed by atoms with Gasteiger partial charge in [0.2, 0.25) is 5.91 Å². The minimum atomic E-state index is -0.443. The van der Waals surface area contributed by atoms with Crippen LogP contribution >= 0.6 is 23.1 Å². The molecule has 3 amide bonds. The van der Waals surface area contributed by atoms with Gasteiger partial charge in [0.25, 0.3) is 11.1 Å². The molecular weight excluding hydrogens is 372 g/mol. The molecule has 0 saturated carbocycles. The molecule has 1 saturated heterocycles. The molecule has 0 unspecified atom stereocenters. The Morgan fingerprint density at radius 1 is 1.19 bits per heavy atom. The van der Waals surface area contributed by atoms with Crippen LogP contribution in [0.4, 0.5) is 4.79 Å². The van der Waals surface area contributed by atoms with Crippen LogP contribution in [0.2, 0.25) is 0 Å². The van der Waals surface area contributed by atoms with Gasteiger partial charge >= 0.3 is 0 Å². The highest BCUT2D eigenvalue weighted by atomic mass is 32.2. The van der Waals surface area contributed by atoms with E-state index in [1.165, 1.54) is 11.3 Å². The number of rotatable bonds is 6. The van der Waals surface area contributed by atoms with Gasteiger partial charge in [-0.1, -0.05) is 18.2 Å². The lowest BCUT2D eigenvalue weighted by atomic mass is 10.1. The molecule has 2 N–H and O–H groups in total. The molecule has 6 nitrogen and oxygen atoms in total. The third-order valence-electron chi connectivity index (χ3n) is 3.66. The highest BCUT2D eigenvalue weighted by molar-refractivity contribution is 8.18. The number of thiophene rings is 1. The Hall–Kier alpha value is -2.58. The number of aromatic hydroxyl groups is 1. The number of carbonyl (C=O) groups excluding carboxylic acids is 3. The molecule has 2 aromatic rings. The van der Waals surface area contributed by atoms with Crippen LogP contribution in [0, 0.1) is 0 Å². The predicted octanol–water partition coefficient (Wildman–Crippen LogP) is 2.85. The number of amides is 3. The second-order valence-electron chi connectivity index (χ2n) is 5.55. The summed E-state index contributed by atoms with van der Waals surface area (Å²) < 4.78 is 0. The first kappa shape index (κ1) is 18.2. The van der Waals surface area contributed by atoms with Gasteiger partial charge in [0.1, 0.15) is 12.3 Å². The number of phenolic OH excluding ortho intramolecular Hbond substituents is 1. The Bertz CT molecular complexity index is 845. The number of hydrogen-bond acceptors (Lipinski definition) is 6. The molecule has 2 heterocycles. The van der Waals surface area contributed by atoms with Gasteiger partial charge in [0.05, 0.1) is 4.91 Å². The van der Waals surface area contributed by atoms with Gasteiger partial charge in [-0.25, -0.2) is 0 Å². The average molecular weight is 388 g/mol. The van der Waals surface area contributed by atoms with Crippen LogP contribution in [0.3, 0.4) is 0 Å². The van der Waals surface area contributed by atoms with Crippen molar-refractivity contribution >= 4 is 46.2 Å². The lowest BCUT2D eigenvalue weighted by molar-refractivity contribution is -0.129. The predicted molar refractivity (Wildman–Crippen MR) is 102 cm³/mol. The maximum absolute atomic E-state index is 12.3. The Labute approximate surface area is 158 Å². The second-order valence-corrected chi connectivity index (χ2v) is 7.52. The fraction of sp³-hybridized carbons (Fsp3) is 0.167. The first-order valence-corrected chi connectivity index (χ1v) is 9.56. The molecular formula is C18H16N2O4S2. The van der Waals surface area contributed by atoms with Gasteiger partial charge in [0, 0.05) is 11.4 Å². The van der Waals surface area contributed by atoms with Crippen LogP contribution in [0.25, 0.3) is 6.08 Å². The standard InChI is InChI=1S/C18H16N2O4S2/c21-13-5-3-12(4-6-13)7-8-19-16(22)11-20-17(23)15(26-18(20)24)10-14-2-1-9-25-14/h1-6,9-10,21H,7-8,11H2,(H,19,22). The topological polar surface area (TPSA) is 86.7 Å². The number of benzene rings is 1. The smallest absolute Gasteiger partial charge is 0.294 e. The van der Waals surface area contributed by atoms with Crippen molar-refractivity contribution in [3.05, 3.63) is 57.1 Å². The molecule has 8 heteroatoms. The van der Waals surface area contributed by atoms with Crippen LogP contribution < -0.4 is 5.32 Å². The third kappa shape index (κ3) is 4.53. The van der Waals surface area contributed by atoms with Crippen LogP contribution in [0.15, 0.2) is 46.7 Å². The van der Waals surface area contributed by atoms with E-state index >= 15 is 0 Å². The van der Waals surface area contributed by atoms with Crippen molar-refractivity contribution in [2.75, 3.05) is 13.1 Å². The fourth-order valence-corrected chi connectivity index (χ4v) is 3.91. The summed E-state index contributed by atoms with van der Waals surface area (Å²) in [6.45, 7) is 0.0902. The second kappa shape index (κ2) is 8.20. The molecule has 0 aliphatic carbocycles. The molecule has 3 rings (SSSR count). The van der Waals surface area contributed by atoms with E-state index in [0.717, 1.165) is 27.1 Å². The summed E-state index contributed by atoms with van der Waals surface area (Å²) in [6, 6.07) is 10.4. The number of nitrogens with zero attached hydrogens (tertiary/aromatic N) is 1. The van der Waals surface area contributed by atoms with Gasteiger partial charge in [0.15, 0.2) is 0 Å². The summed E-state index contributed by atoms with van der Waals surface area (Å²) in [7, 11) is 0. The third-order valence-corrected chi connectivity index (χ3v) is 5.39. The molecule has 134 valence electrons. The summed E-state index contributed by atoms with van der Waals surface area (Å²) in [6.07, 6.45) is 2.25. The molecule has 1 aliphatic heterocycles. The number of carbonyl (C=O) groups is 3. The van der Waals surface area contributed by atoms with Gasteiger partial charge in [-0.2, -0.15) is 0 Å². The Morgan fingerprint density at radius 3 is 2.65 bits per heavy atom. The Kier molecular flexibility index (Phi) is 5.75. The van der Waals surface area contributed by atoms with Crippen molar-refractivity contribution < 1.29 is 19.5 Å². The molecule has 1 aromatic heterocycles. The van der Waals surface area contributed by atoms with Crippen molar-refractivity contribution in [3.8, 4) is 5.75 Å². The van der Waals surface area contributed by atoms with E-state index in [4.69, 9.17) is 0 Å². The molecule has 0 spiro atoms. The molecule has 26 heavy (non-hydrogen) atoms. The SMILES string of the molecule is O=C(CN1C(=O)SC(=Cc2cccs2)C1=O)NCCc1ccc(O)cc1. The highest BCUT2D eigenvalue weighted by Gasteiger charge is 2.36. The fourth-order valence-electron chi connectivity index (χ4n) is 2.35. The molecule has 1 aromatic carbocycles. The lowest BCUT2D eigenvalue weighted by Crippen LogP contribution is -2.40. The molecule has 0 atom stereocenters. The van der Waals surface area contributed by atoms with Gasteiger partial charge in [-0.15, -0.1) is 11.3 Å². The van der Waals surface area contributed by atoms with E-state index in [2.05, 4.69) is 5.32 Å². The quantitative estimate of drug-likeness (QED) is 0.743. The number of nitrogens with one attached hydrogen (secondary N) is 1. The minimum absolute atomic E-state index is 0.188. The number of thioether (sulfide) groups is 1. The highest BCUT2D eigenvalue weighted by Crippen LogP contribution is 2.32. The molecule has 1 fully saturated rings. The molecule has 0 radical (unpaired) electrons. The van der Waals surface area contributed by atoms with Crippen LogP contribution in [-0.4, -0.2) is 40.1 Å². The average Bonchev–Trinajstić information content (AvgIpc) is 3.21. The first-order valence-electron chi connectivity index (χ1n) is 7.86. The van der Waals surface area contributed by atoms with Crippen LogP contribution in [0.1, 0.15) is 10.4 Å². The summed E-state index contributed by atoms with van der Waals surface area (Å²) in [5.41, 5.74) is 0.966. The number of hydrogen-bond donors (Lipinski definition) is 2. The Morgan fingerprint density at radius 2 is 1.96 bits per heavy atom. The normalized spacial score (nSPS) is 15.7. The first-order chi connectivity index (χ1) is 12.5. The molecule has 0 bridgehead atoms. The zero-order valence-electron chi connectivity index (χ0n) is 13.7. The minimum Gasteiger partial charge on any atom is -0.508 e. The number of phenols is 1. The molecule has 1 aliphatic rings. The van der Waals surface area contributed by atoms with Gasteiger partial charge in [-0.3, -0.25) is 19.3 Å². The van der Waals surface area contributed by atoms with Crippen molar-refractivity contribution in [3.63, 3.8) is 0 Å². The van der Waals surface area contributed by atoms with Crippen molar-refractivity contribution in [2.45, 2.75) is 6.42 Å². The lowest BCUT2D eigenvalue weighted by Gasteiger charge is -2.12. The van der Waals surface area contributed by atoms with E-state index in [-0.39, 0.29) is 18.2 Å². The zero-order valence-corrected chi connectivity index (χ0v) is 15.3. The van der Waals surface area contributed by atoms with E-state index < -0.39 is 11.1 Å². The summed E-state index contributed by atoms with van der Waals surface area (Å²) in [4.78, 5) is 38.5. The Balaban J connectivity index is 1.51. The largest absolute Gasteiger partial charge is 0.508 e.